The minimum absolute atomic E-state index is 0. The van der Waals surface area contributed by atoms with Gasteiger partial charge in [0, 0.05) is 49.7 Å². The fraction of sp³-hybridized carbons (Fsp3) is 0.320. The lowest BCUT2D eigenvalue weighted by molar-refractivity contribution is 0.643. The van der Waals surface area contributed by atoms with Gasteiger partial charge in [-0.3, -0.25) is 20.6 Å². The van der Waals surface area contributed by atoms with E-state index < -0.39 is 0 Å². The van der Waals surface area contributed by atoms with E-state index in [1.165, 1.54) is 0 Å². The molecule has 200 valence electrons. The second-order valence-corrected chi connectivity index (χ2v) is 8.72. The first-order valence-corrected chi connectivity index (χ1v) is 11.1. The highest BCUT2D eigenvalue weighted by Gasteiger charge is 2.19. The molecule has 2 aromatic carbocycles. The van der Waals surface area contributed by atoms with E-state index in [0.717, 1.165) is 46.8 Å². The first-order valence-electron chi connectivity index (χ1n) is 11.1. The molecule has 2 aliphatic heterocycles. The van der Waals surface area contributed by atoms with Crippen molar-refractivity contribution in [3.63, 3.8) is 0 Å². The van der Waals surface area contributed by atoms with E-state index in [-0.39, 0.29) is 62.0 Å². The molecule has 1 aromatic heterocycles. The molecular weight excluding hydrogens is 554 g/mol. The molecule has 3 aromatic rings. The molecule has 5 rings (SSSR count). The van der Waals surface area contributed by atoms with Gasteiger partial charge in [-0.2, -0.15) is 9.97 Å². The summed E-state index contributed by atoms with van der Waals surface area (Å²) in [5, 5.41) is 6.85. The molecule has 12 heteroatoms. The van der Waals surface area contributed by atoms with E-state index in [0.29, 0.717) is 17.6 Å². The number of anilines is 1. The molecular formula is C25H32Cl4N8. The van der Waals surface area contributed by atoms with Crippen molar-refractivity contribution in [3.05, 3.63) is 59.7 Å². The highest BCUT2D eigenvalue weighted by Crippen LogP contribution is 2.28. The van der Waals surface area contributed by atoms with Crippen LogP contribution in [-0.4, -0.2) is 53.6 Å². The first kappa shape index (κ1) is 32.7. The van der Waals surface area contributed by atoms with Crippen LogP contribution in [-0.2, 0) is 0 Å². The maximum atomic E-state index is 4.86. The van der Waals surface area contributed by atoms with E-state index in [1.54, 1.807) is 0 Å². The Morgan fingerprint density at radius 1 is 0.676 bits per heavy atom. The Kier molecular flexibility index (Phi) is 12.4. The average Bonchev–Trinajstić information content (AvgIpc) is 3.47. The highest BCUT2D eigenvalue weighted by molar-refractivity contribution is 5.86. The Morgan fingerprint density at radius 3 is 1.46 bits per heavy atom. The molecule has 0 aliphatic carbocycles. The number of nitrogens with one attached hydrogen (secondary N) is 2. The second-order valence-electron chi connectivity index (χ2n) is 8.72. The third kappa shape index (κ3) is 7.37. The van der Waals surface area contributed by atoms with Crippen LogP contribution in [0, 0.1) is 0 Å². The van der Waals surface area contributed by atoms with Crippen molar-refractivity contribution >= 4 is 67.0 Å². The zero-order valence-corrected chi connectivity index (χ0v) is 24.3. The van der Waals surface area contributed by atoms with E-state index in [9.17, 15) is 0 Å². The summed E-state index contributed by atoms with van der Waals surface area (Å²) in [6.45, 7) is 5.71. The van der Waals surface area contributed by atoms with Crippen LogP contribution < -0.4 is 15.5 Å². The van der Waals surface area contributed by atoms with Crippen LogP contribution in [0.15, 0.2) is 58.5 Å². The summed E-state index contributed by atoms with van der Waals surface area (Å²) in [6, 6.07) is 16.5. The number of hydrogen-bond acceptors (Lipinski definition) is 8. The Morgan fingerprint density at radius 2 is 1.11 bits per heavy atom. The molecule has 2 unspecified atom stereocenters. The van der Waals surface area contributed by atoms with E-state index in [2.05, 4.69) is 44.9 Å². The fourth-order valence-corrected chi connectivity index (χ4v) is 4.02. The lowest BCUT2D eigenvalue weighted by Crippen LogP contribution is -2.16. The summed E-state index contributed by atoms with van der Waals surface area (Å²) >= 11 is 0. The summed E-state index contributed by atoms with van der Waals surface area (Å²) in [7, 11) is 3.88. The van der Waals surface area contributed by atoms with Crippen LogP contribution >= 0.6 is 49.6 Å². The van der Waals surface area contributed by atoms with Gasteiger partial charge in [-0.1, -0.05) is 36.4 Å². The molecule has 3 heterocycles. The zero-order chi connectivity index (χ0) is 22.9. The van der Waals surface area contributed by atoms with Gasteiger partial charge < -0.3 is 4.90 Å². The predicted molar refractivity (Wildman–Crippen MR) is 162 cm³/mol. The molecule has 2 atom stereocenters. The predicted octanol–water partition coefficient (Wildman–Crippen LogP) is 5.08. The van der Waals surface area contributed by atoms with Gasteiger partial charge in [0.25, 0.3) is 0 Å². The van der Waals surface area contributed by atoms with Crippen LogP contribution in [0.5, 0.6) is 0 Å². The number of nitrogens with zero attached hydrogens (tertiary/aromatic N) is 6. The number of benzene rings is 2. The summed E-state index contributed by atoms with van der Waals surface area (Å²) in [5.41, 5.74) is 6.29. The van der Waals surface area contributed by atoms with Gasteiger partial charge in [0.15, 0.2) is 11.6 Å². The molecule has 2 aliphatic rings. The topological polar surface area (TPSA) is 90.7 Å². The largest absolute Gasteiger partial charge is 0.347 e. The Bertz CT molecular complexity index is 1180. The van der Waals surface area contributed by atoms with Gasteiger partial charge >= 0.3 is 0 Å². The second kappa shape index (κ2) is 14.0. The molecule has 37 heavy (non-hydrogen) atoms. The molecule has 8 nitrogen and oxygen atoms in total. The highest BCUT2D eigenvalue weighted by atomic mass is 35.5. The number of halogens is 4. The minimum Gasteiger partial charge on any atom is -0.347 e. The van der Waals surface area contributed by atoms with Gasteiger partial charge in [-0.25, -0.2) is 4.98 Å². The molecule has 0 radical (unpaired) electrons. The van der Waals surface area contributed by atoms with Crippen molar-refractivity contribution in [1.82, 2.24) is 25.6 Å². The Hall–Kier alpha value is -2.33. The van der Waals surface area contributed by atoms with Gasteiger partial charge in [0.05, 0.1) is 0 Å². The van der Waals surface area contributed by atoms with Crippen molar-refractivity contribution < 1.29 is 0 Å². The number of hydrogen-bond donors (Lipinski definition) is 2. The molecule has 0 amide bonds. The molecule has 0 spiro atoms. The van der Waals surface area contributed by atoms with Gasteiger partial charge in [-0.05, 0) is 37.1 Å². The van der Waals surface area contributed by atoms with Crippen molar-refractivity contribution in [3.8, 4) is 22.8 Å². The molecule has 0 bridgehead atoms. The van der Waals surface area contributed by atoms with Crippen molar-refractivity contribution in [2.45, 2.75) is 26.2 Å². The lowest BCUT2D eigenvalue weighted by Gasteiger charge is -2.15. The third-order valence-electron chi connectivity index (χ3n) is 5.75. The number of aliphatic imine (C=N–C) groups is 2. The van der Waals surface area contributed by atoms with Crippen LogP contribution in [0.3, 0.4) is 0 Å². The van der Waals surface area contributed by atoms with Gasteiger partial charge in [0.2, 0.25) is 5.95 Å². The van der Waals surface area contributed by atoms with E-state index in [1.807, 2.05) is 57.1 Å². The quantitative estimate of drug-likeness (QED) is 0.434. The first-order chi connectivity index (χ1) is 16.0. The molecule has 0 saturated carbocycles. The van der Waals surface area contributed by atoms with Gasteiger partial charge in [0.1, 0.15) is 12.3 Å². The minimum atomic E-state index is -0.0285. The Labute approximate surface area is 242 Å². The Balaban J connectivity index is 0.00000171. The summed E-state index contributed by atoms with van der Waals surface area (Å²) in [6.07, 6.45) is -0.0571. The number of rotatable bonds is 5. The molecule has 0 saturated heterocycles. The summed E-state index contributed by atoms with van der Waals surface area (Å²) in [4.78, 5) is 25.6. The molecule has 2 N–H and O–H groups in total. The monoisotopic (exact) mass is 584 g/mol. The fourth-order valence-electron chi connectivity index (χ4n) is 4.02. The van der Waals surface area contributed by atoms with Crippen LogP contribution in [0.4, 0.5) is 5.95 Å². The smallest absolute Gasteiger partial charge is 0.228 e. The average molecular weight is 586 g/mol. The van der Waals surface area contributed by atoms with E-state index in [4.69, 9.17) is 15.0 Å². The van der Waals surface area contributed by atoms with Crippen LogP contribution in [0.2, 0.25) is 0 Å². The third-order valence-corrected chi connectivity index (χ3v) is 5.75. The summed E-state index contributed by atoms with van der Waals surface area (Å²) in [5.74, 6) is 1.90. The SMILES string of the molecule is CC1=NC(c2cccc(-c3nc(-c4cccc(C5N=C(C)CN5)c4)nc(N(C)C)n3)c2)NC1.Cl.Cl.Cl.Cl. The summed E-state index contributed by atoms with van der Waals surface area (Å²) < 4.78 is 0. The van der Waals surface area contributed by atoms with Gasteiger partial charge in [-0.15, -0.1) is 49.6 Å². The number of aromatic nitrogens is 3. The van der Waals surface area contributed by atoms with E-state index >= 15 is 0 Å². The van der Waals surface area contributed by atoms with Crippen molar-refractivity contribution in [2.24, 2.45) is 9.98 Å². The van der Waals surface area contributed by atoms with Crippen LogP contribution in [0.1, 0.15) is 37.3 Å². The zero-order valence-electron chi connectivity index (χ0n) is 21.0. The maximum Gasteiger partial charge on any atom is 0.228 e. The normalized spacial score (nSPS) is 17.8. The van der Waals surface area contributed by atoms with Crippen molar-refractivity contribution in [1.29, 1.82) is 0 Å². The van der Waals surface area contributed by atoms with Crippen LogP contribution in [0.25, 0.3) is 22.8 Å². The standard InChI is InChI=1S/C25H28N8.4ClH/c1-15-13-26-21(28-15)17-7-5-9-19(11-17)23-30-24(32-25(31-23)33(3)4)20-10-6-8-18(12-20)22-27-14-16(2)29-22;;;;/h5-12,21-22,26-27H,13-14H2,1-4H3;4*1H. The lowest BCUT2D eigenvalue weighted by atomic mass is 10.1. The molecule has 0 fully saturated rings. The van der Waals surface area contributed by atoms with Crippen molar-refractivity contribution in [2.75, 3.05) is 32.1 Å². The maximum absolute atomic E-state index is 4.86.